The van der Waals surface area contributed by atoms with Gasteiger partial charge in [-0.05, 0) is 48.9 Å². The first-order valence-electron chi connectivity index (χ1n) is 12.1. The summed E-state index contributed by atoms with van der Waals surface area (Å²) in [6.45, 7) is 2.21. The Morgan fingerprint density at radius 2 is 1.84 bits per heavy atom. The van der Waals surface area contributed by atoms with Crippen molar-refractivity contribution in [2.45, 2.75) is 32.0 Å². The third-order valence-electron chi connectivity index (χ3n) is 5.52. The number of aliphatic hydroxyl groups excluding tert-OH is 1. The molecular weight excluding hydrogens is 476 g/mol. The molecule has 0 unspecified atom stereocenters. The number of hydrogen-bond acceptors (Lipinski definition) is 7. The molecule has 3 aromatic rings. The predicted molar refractivity (Wildman–Crippen MR) is 140 cm³/mol. The summed E-state index contributed by atoms with van der Waals surface area (Å²) in [6.07, 6.45) is 1.69. The second-order valence-electron chi connectivity index (χ2n) is 8.07. The maximum atomic E-state index is 13.1. The van der Waals surface area contributed by atoms with Gasteiger partial charge in [-0.2, -0.15) is 0 Å². The number of hydrogen-bond donors (Lipinski definition) is 4. The van der Waals surface area contributed by atoms with E-state index in [4.69, 9.17) is 24.5 Å². The molecular formula is C28H32N2O7. The molecule has 0 radical (unpaired) electrons. The van der Waals surface area contributed by atoms with E-state index in [0.717, 1.165) is 10.8 Å². The van der Waals surface area contributed by atoms with Gasteiger partial charge in [0.2, 0.25) is 0 Å². The number of aliphatic hydroxyl groups is 1. The zero-order chi connectivity index (χ0) is 26.5. The molecule has 0 saturated heterocycles. The summed E-state index contributed by atoms with van der Waals surface area (Å²) < 4.78 is 17.4. The summed E-state index contributed by atoms with van der Waals surface area (Å²) in [4.78, 5) is 24.4. The van der Waals surface area contributed by atoms with Crippen LogP contribution in [0.15, 0.2) is 78.9 Å². The molecule has 0 bridgehead atoms. The van der Waals surface area contributed by atoms with Crippen LogP contribution in [-0.2, 0) is 14.3 Å². The Labute approximate surface area is 215 Å². The van der Waals surface area contributed by atoms with Gasteiger partial charge in [0.05, 0.1) is 18.4 Å². The van der Waals surface area contributed by atoms with E-state index in [2.05, 4.69) is 5.32 Å². The minimum Gasteiger partial charge on any atom is -0.491 e. The highest BCUT2D eigenvalue weighted by molar-refractivity contribution is 6.00. The van der Waals surface area contributed by atoms with Crippen LogP contribution in [0.5, 0.6) is 5.75 Å². The maximum Gasteiger partial charge on any atom is 0.412 e. The van der Waals surface area contributed by atoms with Crippen molar-refractivity contribution in [1.82, 2.24) is 5.48 Å². The lowest BCUT2D eigenvalue weighted by atomic mass is 10.00. The third kappa shape index (κ3) is 8.32. The molecule has 2 amide bonds. The Morgan fingerprint density at radius 3 is 2.62 bits per heavy atom. The molecule has 0 fully saturated rings. The second kappa shape index (κ2) is 14.6. The Morgan fingerprint density at radius 1 is 1.05 bits per heavy atom. The van der Waals surface area contributed by atoms with E-state index in [1.54, 1.807) is 35.8 Å². The van der Waals surface area contributed by atoms with Gasteiger partial charge in [-0.25, -0.2) is 10.3 Å². The number of anilines is 1. The number of carbonyl (C=O) groups excluding carboxylic acids is 2. The number of rotatable bonds is 13. The monoisotopic (exact) mass is 508 g/mol. The Hall–Kier alpha value is -3.92. The Bertz CT molecular complexity index is 1190. The van der Waals surface area contributed by atoms with E-state index < -0.39 is 24.2 Å². The quantitative estimate of drug-likeness (QED) is 0.149. The largest absolute Gasteiger partial charge is 0.491 e. The highest BCUT2D eigenvalue weighted by atomic mass is 16.6. The molecule has 0 aliphatic heterocycles. The van der Waals surface area contributed by atoms with Crippen LogP contribution < -0.4 is 15.5 Å². The van der Waals surface area contributed by atoms with E-state index in [0.29, 0.717) is 36.4 Å². The molecule has 9 nitrogen and oxygen atoms in total. The number of allylic oxidation sites excluding steroid dienone is 1. The first kappa shape index (κ1) is 27.7. The molecule has 0 aliphatic rings. The number of carbonyl (C=O) groups is 2. The number of ether oxygens (including phenoxy) is 3. The zero-order valence-corrected chi connectivity index (χ0v) is 20.6. The van der Waals surface area contributed by atoms with Gasteiger partial charge < -0.3 is 19.3 Å². The Balaban J connectivity index is 1.85. The molecule has 0 spiro atoms. The molecule has 0 heterocycles. The van der Waals surface area contributed by atoms with Crippen LogP contribution in [0.4, 0.5) is 10.5 Å². The number of benzene rings is 3. The summed E-state index contributed by atoms with van der Waals surface area (Å²) in [6, 6.07) is 20.4. The highest BCUT2D eigenvalue weighted by Crippen LogP contribution is 2.31. The molecule has 196 valence electrons. The summed E-state index contributed by atoms with van der Waals surface area (Å²) in [5, 5.41) is 22.5. The van der Waals surface area contributed by atoms with Crippen molar-refractivity contribution in [3.63, 3.8) is 0 Å². The van der Waals surface area contributed by atoms with Crippen LogP contribution in [0.3, 0.4) is 0 Å². The van der Waals surface area contributed by atoms with Gasteiger partial charge >= 0.3 is 6.09 Å². The summed E-state index contributed by atoms with van der Waals surface area (Å²) in [5.41, 5.74) is 2.82. The van der Waals surface area contributed by atoms with Crippen molar-refractivity contribution in [3.8, 4) is 5.75 Å². The first-order valence-corrected chi connectivity index (χ1v) is 12.1. The summed E-state index contributed by atoms with van der Waals surface area (Å²) in [5.74, 6) is -0.117. The minimum absolute atomic E-state index is 0.128. The average molecular weight is 509 g/mol. The maximum absolute atomic E-state index is 13.1. The van der Waals surface area contributed by atoms with Crippen molar-refractivity contribution >= 4 is 28.5 Å². The van der Waals surface area contributed by atoms with Crippen LogP contribution >= 0.6 is 0 Å². The predicted octanol–water partition coefficient (Wildman–Crippen LogP) is 4.75. The molecule has 0 aliphatic carbocycles. The van der Waals surface area contributed by atoms with E-state index in [1.807, 2.05) is 49.4 Å². The van der Waals surface area contributed by atoms with E-state index in [-0.39, 0.29) is 13.2 Å². The van der Waals surface area contributed by atoms with Crippen LogP contribution in [0.2, 0.25) is 0 Å². The SMILES string of the molecule is CCO[C@@H](CC/C=C/C(=O)NO)[C@@H](OC(=O)Nc1cccc2ccccc12)c1cccc(OCCO)c1. The van der Waals surface area contributed by atoms with Crippen LogP contribution in [-0.4, -0.2) is 48.2 Å². The van der Waals surface area contributed by atoms with Crippen molar-refractivity contribution in [2.24, 2.45) is 0 Å². The molecule has 9 heteroatoms. The van der Waals surface area contributed by atoms with E-state index in [1.165, 1.54) is 6.08 Å². The number of hydroxylamine groups is 1. The zero-order valence-electron chi connectivity index (χ0n) is 20.6. The molecule has 0 aromatic heterocycles. The topological polar surface area (TPSA) is 126 Å². The molecule has 0 saturated carbocycles. The molecule has 37 heavy (non-hydrogen) atoms. The smallest absolute Gasteiger partial charge is 0.412 e. The number of nitrogens with one attached hydrogen (secondary N) is 2. The average Bonchev–Trinajstić information content (AvgIpc) is 2.92. The molecule has 2 atom stereocenters. The van der Waals surface area contributed by atoms with Gasteiger partial charge in [-0.3, -0.25) is 15.3 Å². The number of amides is 2. The van der Waals surface area contributed by atoms with Crippen molar-refractivity contribution in [2.75, 3.05) is 25.1 Å². The first-order chi connectivity index (χ1) is 18.0. The lowest BCUT2D eigenvalue weighted by molar-refractivity contribution is -0.124. The van der Waals surface area contributed by atoms with Gasteiger partial charge in [0.15, 0.2) is 6.10 Å². The fourth-order valence-corrected chi connectivity index (χ4v) is 3.92. The van der Waals surface area contributed by atoms with Crippen molar-refractivity contribution in [3.05, 3.63) is 84.4 Å². The van der Waals surface area contributed by atoms with Crippen LogP contribution in [0, 0.1) is 0 Å². The third-order valence-corrected chi connectivity index (χ3v) is 5.52. The normalized spacial score (nSPS) is 12.7. The lowest BCUT2D eigenvalue weighted by Gasteiger charge is -2.27. The lowest BCUT2D eigenvalue weighted by Crippen LogP contribution is -2.29. The summed E-state index contributed by atoms with van der Waals surface area (Å²) >= 11 is 0. The fraction of sp³-hybridized carbons (Fsp3) is 0.286. The standard InChI is InChI=1S/C28H32N2O7/c1-2-35-25(15-5-6-16-26(32)30-34)27(21-11-7-12-22(19-21)36-18-17-31)37-28(33)29-24-14-8-10-20-9-3-4-13-23(20)24/h3-4,6-14,16,19,25,27,31,34H,2,5,15,17-18H2,1H3,(H,29,33)(H,30,32)/b16-6+/t25-,27-/m0/s1. The van der Waals surface area contributed by atoms with Gasteiger partial charge in [-0.1, -0.05) is 54.6 Å². The second-order valence-corrected chi connectivity index (χ2v) is 8.07. The van der Waals surface area contributed by atoms with Gasteiger partial charge in [0.25, 0.3) is 5.91 Å². The fourth-order valence-electron chi connectivity index (χ4n) is 3.92. The van der Waals surface area contributed by atoms with Gasteiger partial charge in [-0.15, -0.1) is 0 Å². The Kier molecular flexibility index (Phi) is 10.9. The minimum atomic E-state index is -0.798. The summed E-state index contributed by atoms with van der Waals surface area (Å²) in [7, 11) is 0. The van der Waals surface area contributed by atoms with Crippen LogP contribution in [0.25, 0.3) is 10.8 Å². The molecule has 3 aromatic carbocycles. The van der Waals surface area contributed by atoms with E-state index in [9.17, 15) is 9.59 Å². The van der Waals surface area contributed by atoms with Crippen molar-refractivity contribution < 1.29 is 34.1 Å². The number of fused-ring (bicyclic) bond motifs is 1. The molecule has 3 rings (SSSR count). The van der Waals surface area contributed by atoms with Gasteiger partial charge in [0, 0.05) is 18.1 Å². The van der Waals surface area contributed by atoms with Crippen molar-refractivity contribution in [1.29, 1.82) is 0 Å². The van der Waals surface area contributed by atoms with E-state index >= 15 is 0 Å². The van der Waals surface area contributed by atoms with Crippen LogP contribution in [0.1, 0.15) is 31.4 Å². The molecule has 4 N–H and O–H groups in total. The highest BCUT2D eigenvalue weighted by Gasteiger charge is 2.28. The van der Waals surface area contributed by atoms with Gasteiger partial charge in [0.1, 0.15) is 12.4 Å².